The molecule has 1 aliphatic rings. The molecule has 32 heavy (non-hydrogen) atoms. The number of nitriles is 1. The molecule has 3 heterocycles. The number of hydrogen-bond acceptors (Lipinski definition) is 9. The van der Waals surface area contributed by atoms with Gasteiger partial charge < -0.3 is 15.6 Å². The maximum atomic E-state index is 15.8. The molecule has 1 aliphatic heterocycles. The first kappa shape index (κ1) is 22.2. The van der Waals surface area contributed by atoms with Crippen molar-refractivity contribution in [3.05, 3.63) is 60.0 Å². The summed E-state index contributed by atoms with van der Waals surface area (Å²) in [6, 6.07) is 13.8. The van der Waals surface area contributed by atoms with E-state index < -0.39 is 38.3 Å². The van der Waals surface area contributed by atoms with Crippen LogP contribution in [-0.4, -0.2) is 44.2 Å². The highest BCUT2D eigenvalue weighted by Gasteiger charge is 2.67. The van der Waals surface area contributed by atoms with Crippen molar-refractivity contribution in [2.75, 3.05) is 12.3 Å². The van der Waals surface area contributed by atoms with Crippen LogP contribution in [0.5, 0.6) is 0 Å². The van der Waals surface area contributed by atoms with E-state index in [2.05, 4.69) is 10.1 Å². The largest absolute Gasteiger partial charge is 0.697 e. The van der Waals surface area contributed by atoms with E-state index in [4.69, 9.17) is 19.5 Å². The first-order chi connectivity index (χ1) is 15.3. The summed E-state index contributed by atoms with van der Waals surface area (Å²) in [5.41, 5.74) is 2.20. The number of halogens is 1. The van der Waals surface area contributed by atoms with E-state index in [-0.39, 0.29) is 18.1 Å². The number of fused-ring (bicyclic) bond motifs is 1. The number of aromatic nitrogens is 3. The molecular weight excluding hydrogens is 440 g/mol. The second-order valence-corrected chi connectivity index (χ2v) is 8.37. The summed E-state index contributed by atoms with van der Waals surface area (Å²) in [4.78, 5) is 3.86. The fourth-order valence-electron chi connectivity index (χ4n) is 3.69. The van der Waals surface area contributed by atoms with E-state index in [9.17, 15) is 14.9 Å². The number of alkyl halides is 1. The summed E-state index contributed by atoms with van der Waals surface area (Å²) in [5, 5.41) is 24.6. The second kappa shape index (κ2) is 8.50. The molecule has 12 heteroatoms. The van der Waals surface area contributed by atoms with Gasteiger partial charge in [-0.3, -0.25) is 0 Å². The molecule has 0 amide bonds. The lowest BCUT2D eigenvalue weighted by Crippen LogP contribution is -2.48. The first-order valence-corrected chi connectivity index (χ1v) is 10.7. The lowest BCUT2D eigenvalue weighted by Gasteiger charge is -2.30. The quantitative estimate of drug-likeness (QED) is 0.508. The molecule has 10 nitrogen and oxygen atoms in total. The average Bonchev–Trinajstić information content (AvgIpc) is 3.31. The van der Waals surface area contributed by atoms with Gasteiger partial charge in [-0.2, -0.15) is 10.4 Å². The number of anilines is 1. The van der Waals surface area contributed by atoms with Gasteiger partial charge >= 0.3 is 8.25 Å². The Morgan fingerprint density at radius 3 is 2.81 bits per heavy atom. The standard InChI is InChI=1S/C20H20FN5O5P/c1-19(21)17(27)15(10-30-32(28)29-9-13-5-3-2-4-6-13)31-20(19,11-22)16-8-7-14-18(23)24-12-25-26(14)16/h2-8,12,15,17,27H,9-10H2,1H3,(H2,23,24,25)/q+1/t15-,17-,19-,20+/m1/s1. The molecule has 1 aromatic carbocycles. The summed E-state index contributed by atoms with van der Waals surface area (Å²) >= 11 is 0. The number of benzene rings is 1. The Hall–Kier alpha value is -3.00. The van der Waals surface area contributed by atoms with Gasteiger partial charge in [-0.1, -0.05) is 30.3 Å². The summed E-state index contributed by atoms with van der Waals surface area (Å²) in [7, 11) is -2.57. The van der Waals surface area contributed by atoms with E-state index in [0.29, 0.717) is 5.52 Å². The van der Waals surface area contributed by atoms with Crippen LogP contribution >= 0.6 is 8.25 Å². The SMILES string of the molecule is C[C@@]1(F)[C@H](O)[C@@H](CO[P+](=O)OCc2ccccc2)O[C@@]1(C#N)c1ccc2c(N)ncnn12. The maximum Gasteiger partial charge on any atom is 0.697 e. The molecule has 0 saturated carbocycles. The van der Waals surface area contributed by atoms with Crippen LogP contribution in [0.3, 0.4) is 0 Å². The monoisotopic (exact) mass is 460 g/mol. The van der Waals surface area contributed by atoms with E-state index >= 15 is 4.39 Å². The van der Waals surface area contributed by atoms with Crippen LogP contribution in [0.25, 0.3) is 5.52 Å². The molecule has 1 unspecified atom stereocenters. The predicted molar refractivity (Wildman–Crippen MR) is 110 cm³/mol. The van der Waals surface area contributed by atoms with Gasteiger partial charge in [0.15, 0.2) is 11.5 Å². The number of nitrogen functional groups attached to an aromatic ring is 1. The normalized spacial score (nSPS) is 28.0. The van der Waals surface area contributed by atoms with Crippen LogP contribution in [0.2, 0.25) is 0 Å². The summed E-state index contributed by atoms with van der Waals surface area (Å²) in [5.74, 6) is 0.130. The number of aliphatic hydroxyl groups is 1. The van der Waals surface area contributed by atoms with Crippen LogP contribution < -0.4 is 5.73 Å². The number of aliphatic hydroxyl groups excluding tert-OH is 1. The maximum absolute atomic E-state index is 15.8. The Bertz CT molecular complexity index is 1180. The Morgan fingerprint density at radius 2 is 2.09 bits per heavy atom. The van der Waals surface area contributed by atoms with Gasteiger partial charge in [-0.05, 0) is 24.6 Å². The van der Waals surface area contributed by atoms with Crippen LogP contribution in [-0.2, 0) is 30.6 Å². The van der Waals surface area contributed by atoms with Gasteiger partial charge in [0, 0.05) is 4.57 Å². The third-order valence-electron chi connectivity index (χ3n) is 5.45. The molecule has 3 aromatic rings. The topological polar surface area (TPSA) is 145 Å². The van der Waals surface area contributed by atoms with Crippen molar-refractivity contribution in [3.63, 3.8) is 0 Å². The minimum absolute atomic E-state index is 0.0281. The molecule has 1 fully saturated rings. The van der Waals surface area contributed by atoms with Crippen molar-refractivity contribution in [1.29, 1.82) is 5.26 Å². The van der Waals surface area contributed by atoms with E-state index in [1.807, 2.05) is 24.3 Å². The van der Waals surface area contributed by atoms with Gasteiger partial charge in [-0.15, -0.1) is 9.05 Å². The molecule has 166 valence electrons. The molecule has 0 spiro atoms. The number of nitrogens with zero attached hydrogens (tertiary/aromatic N) is 4. The zero-order chi connectivity index (χ0) is 22.9. The van der Waals surface area contributed by atoms with Gasteiger partial charge in [-0.25, -0.2) is 13.9 Å². The van der Waals surface area contributed by atoms with Crippen molar-refractivity contribution < 1.29 is 27.8 Å². The van der Waals surface area contributed by atoms with Gasteiger partial charge in [0.05, 0.1) is 5.69 Å². The number of rotatable bonds is 7. The number of nitrogens with two attached hydrogens (primary N) is 1. The molecule has 2 aromatic heterocycles. The molecular formula is C20H20FN5O5P+. The highest BCUT2D eigenvalue weighted by Crippen LogP contribution is 2.50. The zero-order valence-electron chi connectivity index (χ0n) is 17.0. The summed E-state index contributed by atoms with van der Waals surface area (Å²) in [6.45, 7) is 0.635. The van der Waals surface area contributed by atoms with Crippen molar-refractivity contribution in [2.24, 2.45) is 0 Å². The van der Waals surface area contributed by atoms with Crippen LogP contribution in [0.1, 0.15) is 18.2 Å². The zero-order valence-corrected chi connectivity index (χ0v) is 17.9. The highest BCUT2D eigenvalue weighted by molar-refractivity contribution is 7.33. The number of ether oxygens (including phenoxy) is 1. The fraction of sp³-hybridized carbons (Fsp3) is 0.350. The van der Waals surface area contributed by atoms with Gasteiger partial charge in [0.1, 0.15) is 43.3 Å². The lowest BCUT2D eigenvalue weighted by atomic mass is 9.82. The molecule has 1 saturated heterocycles. The Balaban J connectivity index is 1.52. The molecule has 0 radical (unpaired) electrons. The number of hydrogen-bond donors (Lipinski definition) is 2. The van der Waals surface area contributed by atoms with Crippen molar-refractivity contribution in [2.45, 2.75) is 37.0 Å². The van der Waals surface area contributed by atoms with Gasteiger partial charge in [0.2, 0.25) is 5.60 Å². The second-order valence-electron chi connectivity index (χ2n) is 7.41. The smallest absolute Gasteiger partial charge is 0.387 e. The van der Waals surface area contributed by atoms with Crippen molar-refractivity contribution in [3.8, 4) is 6.07 Å². The lowest BCUT2D eigenvalue weighted by molar-refractivity contribution is -0.0699. The van der Waals surface area contributed by atoms with Crippen molar-refractivity contribution in [1.82, 2.24) is 14.6 Å². The summed E-state index contributed by atoms with van der Waals surface area (Å²) in [6.07, 6.45) is -1.90. The Labute approximate surface area is 183 Å². The van der Waals surface area contributed by atoms with Crippen LogP contribution in [0.4, 0.5) is 10.2 Å². The van der Waals surface area contributed by atoms with Crippen LogP contribution in [0.15, 0.2) is 48.8 Å². The molecule has 0 aliphatic carbocycles. The van der Waals surface area contributed by atoms with E-state index in [1.165, 1.54) is 16.6 Å². The van der Waals surface area contributed by atoms with Crippen LogP contribution in [0, 0.1) is 11.3 Å². The Morgan fingerprint density at radius 1 is 1.34 bits per heavy atom. The third kappa shape index (κ3) is 3.62. The highest BCUT2D eigenvalue weighted by atomic mass is 31.1. The van der Waals surface area contributed by atoms with Gasteiger partial charge in [0.25, 0.3) is 0 Å². The minimum atomic E-state index is -2.57. The molecule has 0 bridgehead atoms. The minimum Gasteiger partial charge on any atom is -0.387 e. The molecule has 3 N–H and O–H groups in total. The Kier molecular flexibility index (Phi) is 5.90. The predicted octanol–water partition coefficient (Wildman–Crippen LogP) is 2.41. The van der Waals surface area contributed by atoms with E-state index in [1.54, 1.807) is 12.1 Å². The van der Waals surface area contributed by atoms with Crippen molar-refractivity contribution >= 4 is 19.6 Å². The molecule has 5 atom stereocenters. The molecule has 4 rings (SSSR count). The average molecular weight is 460 g/mol. The summed E-state index contributed by atoms with van der Waals surface area (Å²) < 4.78 is 45.2. The fourth-order valence-corrected chi connectivity index (χ4v) is 4.28. The first-order valence-electron chi connectivity index (χ1n) is 9.62. The third-order valence-corrected chi connectivity index (χ3v) is 6.15. The van der Waals surface area contributed by atoms with E-state index in [0.717, 1.165) is 18.8 Å².